The van der Waals surface area contributed by atoms with E-state index < -0.39 is 0 Å². The summed E-state index contributed by atoms with van der Waals surface area (Å²) in [7, 11) is 1.79. The van der Waals surface area contributed by atoms with Crippen molar-refractivity contribution in [2.75, 3.05) is 38.5 Å². The van der Waals surface area contributed by atoms with Crippen LogP contribution >= 0.6 is 0 Å². The van der Waals surface area contributed by atoms with E-state index in [0.717, 1.165) is 32.6 Å². The van der Waals surface area contributed by atoms with Gasteiger partial charge in [0.15, 0.2) is 0 Å². The third kappa shape index (κ3) is 2.93. The number of pyridine rings is 1. The lowest BCUT2D eigenvalue weighted by Crippen LogP contribution is -2.38. The molecular weight excluding hydrogens is 252 g/mol. The summed E-state index contributed by atoms with van der Waals surface area (Å²) in [5.41, 5.74) is 0.662. The minimum atomic E-state index is 0.0807. The Bertz CT molecular complexity index is 459. The minimum Gasteiger partial charge on any atom is -0.372 e. The highest BCUT2D eigenvalue weighted by Gasteiger charge is 2.30. The summed E-state index contributed by atoms with van der Waals surface area (Å²) in [6.45, 7) is 8.08. The highest BCUT2D eigenvalue weighted by Crippen LogP contribution is 2.20. The lowest BCUT2D eigenvalue weighted by atomic mass is 10.2. The Hall–Kier alpha value is -1.62. The number of amides is 1. The van der Waals surface area contributed by atoms with Gasteiger partial charge in [0.1, 0.15) is 5.82 Å². The van der Waals surface area contributed by atoms with E-state index in [1.165, 1.54) is 0 Å². The Balaban J connectivity index is 2.08. The van der Waals surface area contributed by atoms with Crippen LogP contribution in [0.5, 0.6) is 0 Å². The Labute approximate surface area is 121 Å². The number of nitrogens with zero attached hydrogens (tertiary/aromatic N) is 3. The van der Waals surface area contributed by atoms with Gasteiger partial charge in [0.2, 0.25) is 0 Å². The molecule has 1 unspecified atom stereocenters. The van der Waals surface area contributed by atoms with Crippen molar-refractivity contribution in [3.8, 4) is 0 Å². The molecule has 110 valence electrons. The molecule has 5 nitrogen and oxygen atoms in total. The van der Waals surface area contributed by atoms with E-state index in [1.54, 1.807) is 13.2 Å². The predicted molar refractivity (Wildman–Crippen MR) is 81.0 cm³/mol. The summed E-state index contributed by atoms with van der Waals surface area (Å²) in [6.07, 6.45) is 2.76. The quantitative estimate of drug-likeness (QED) is 0.889. The molecule has 0 aliphatic carbocycles. The van der Waals surface area contributed by atoms with Crippen LogP contribution in [-0.4, -0.2) is 60.0 Å². The van der Waals surface area contributed by atoms with Gasteiger partial charge in [-0.3, -0.25) is 9.69 Å². The first-order chi connectivity index (χ1) is 9.71. The number of rotatable bonds is 5. The lowest BCUT2D eigenvalue weighted by molar-refractivity contribution is 0.0778. The molecule has 1 aromatic heterocycles. The molecule has 1 saturated heterocycles. The van der Waals surface area contributed by atoms with Crippen molar-refractivity contribution in [1.82, 2.24) is 14.8 Å². The Kier molecular flexibility index (Phi) is 4.95. The molecule has 0 aromatic carbocycles. The topological polar surface area (TPSA) is 48.5 Å². The Morgan fingerprint density at radius 2 is 2.25 bits per heavy atom. The highest BCUT2D eigenvalue weighted by molar-refractivity contribution is 5.98. The second-order valence-corrected chi connectivity index (χ2v) is 5.06. The third-order valence-corrected chi connectivity index (χ3v) is 4.05. The van der Waals surface area contributed by atoms with Gasteiger partial charge in [0.05, 0.1) is 5.56 Å². The van der Waals surface area contributed by atoms with Crippen molar-refractivity contribution in [1.29, 1.82) is 0 Å². The maximum atomic E-state index is 12.6. The summed E-state index contributed by atoms with van der Waals surface area (Å²) in [4.78, 5) is 21.2. The molecule has 1 fully saturated rings. The van der Waals surface area contributed by atoms with E-state index >= 15 is 0 Å². The maximum Gasteiger partial charge on any atom is 0.257 e. The van der Waals surface area contributed by atoms with E-state index in [0.29, 0.717) is 17.4 Å². The van der Waals surface area contributed by atoms with E-state index in [4.69, 9.17) is 0 Å². The lowest BCUT2D eigenvalue weighted by Gasteiger charge is -2.26. The molecule has 0 saturated carbocycles. The van der Waals surface area contributed by atoms with Gasteiger partial charge in [0, 0.05) is 32.4 Å². The van der Waals surface area contributed by atoms with Crippen LogP contribution in [0.2, 0.25) is 0 Å². The zero-order valence-corrected chi connectivity index (χ0v) is 12.6. The van der Waals surface area contributed by atoms with Crippen molar-refractivity contribution in [3.63, 3.8) is 0 Å². The molecule has 0 radical (unpaired) electrons. The maximum absolute atomic E-state index is 12.6. The molecule has 1 aromatic rings. The van der Waals surface area contributed by atoms with Gasteiger partial charge in [-0.25, -0.2) is 4.98 Å². The normalized spacial score (nSPS) is 18.6. The number of anilines is 1. The number of aromatic nitrogens is 1. The zero-order chi connectivity index (χ0) is 14.5. The monoisotopic (exact) mass is 276 g/mol. The van der Waals surface area contributed by atoms with Crippen molar-refractivity contribution in [2.45, 2.75) is 26.3 Å². The van der Waals surface area contributed by atoms with Crippen molar-refractivity contribution >= 4 is 11.7 Å². The average Bonchev–Trinajstić information content (AvgIpc) is 2.97. The Morgan fingerprint density at radius 3 is 2.90 bits per heavy atom. The van der Waals surface area contributed by atoms with Crippen LogP contribution in [0, 0.1) is 0 Å². The van der Waals surface area contributed by atoms with Crippen LogP contribution in [0.1, 0.15) is 30.6 Å². The molecule has 20 heavy (non-hydrogen) atoms. The summed E-state index contributed by atoms with van der Waals surface area (Å²) in [5.74, 6) is 0.737. The largest absolute Gasteiger partial charge is 0.372 e. The van der Waals surface area contributed by atoms with Gasteiger partial charge in [-0.15, -0.1) is 0 Å². The molecule has 5 heteroatoms. The van der Waals surface area contributed by atoms with Gasteiger partial charge in [-0.1, -0.05) is 13.8 Å². The standard InChI is InChI=1S/C15H24N4O/c1-4-18(5-2)12-8-10-19(11-12)15(20)13-7-6-9-17-14(13)16-3/h6-7,9,12H,4-5,8,10-11H2,1-3H3,(H,16,17). The van der Waals surface area contributed by atoms with Crippen LogP contribution in [0.4, 0.5) is 5.82 Å². The fraction of sp³-hybridized carbons (Fsp3) is 0.600. The van der Waals surface area contributed by atoms with E-state index in [1.807, 2.05) is 17.0 Å². The molecular formula is C15H24N4O. The number of likely N-dealkylation sites (N-methyl/N-ethyl adjacent to an activating group) is 1. The average molecular weight is 276 g/mol. The predicted octanol–water partition coefficient (Wildman–Crippen LogP) is 1.68. The molecule has 2 rings (SSSR count). The van der Waals surface area contributed by atoms with Crippen LogP contribution in [0.3, 0.4) is 0 Å². The Morgan fingerprint density at radius 1 is 1.50 bits per heavy atom. The molecule has 1 aliphatic rings. The molecule has 1 aliphatic heterocycles. The number of likely N-dealkylation sites (tertiary alicyclic amines) is 1. The SMILES string of the molecule is CCN(CC)C1CCN(C(=O)c2cccnc2NC)C1. The first-order valence-electron chi connectivity index (χ1n) is 7.37. The number of carbonyl (C=O) groups excluding carboxylic acids is 1. The van der Waals surface area contributed by atoms with Gasteiger partial charge in [-0.05, 0) is 31.6 Å². The van der Waals surface area contributed by atoms with Crippen molar-refractivity contribution in [3.05, 3.63) is 23.9 Å². The second-order valence-electron chi connectivity index (χ2n) is 5.06. The van der Waals surface area contributed by atoms with Crippen LogP contribution in [0.25, 0.3) is 0 Å². The van der Waals surface area contributed by atoms with E-state index in [9.17, 15) is 4.79 Å². The molecule has 0 spiro atoms. The van der Waals surface area contributed by atoms with Gasteiger partial charge in [-0.2, -0.15) is 0 Å². The third-order valence-electron chi connectivity index (χ3n) is 4.05. The van der Waals surface area contributed by atoms with Crippen molar-refractivity contribution < 1.29 is 4.79 Å². The fourth-order valence-corrected chi connectivity index (χ4v) is 2.91. The first-order valence-corrected chi connectivity index (χ1v) is 7.37. The number of carbonyl (C=O) groups is 1. The second kappa shape index (κ2) is 6.70. The van der Waals surface area contributed by atoms with Crippen molar-refractivity contribution in [2.24, 2.45) is 0 Å². The molecule has 1 amide bonds. The fourth-order valence-electron chi connectivity index (χ4n) is 2.91. The van der Waals surface area contributed by atoms with Gasteiger partial charge >= 0.3 is 0 Å². The molecule has 1 atom stereocenters. The molecule has 2 heterocycles. The van der Waals surface area contributed by atoms with Crippen LogP contribution in [0.15, 0.2) is 18.3 Å². The highest BCUT2D eigenvalue weighted by atomic mass is 16.2. The number of hydrogen-bond donors (Lipinski definition) is 1. The van der Waals surface area contributed by atoms with E-state index in [-0.39, 0.29) is 5.91 Å². The van der Waals surface area contributed by atoms with E-state index in [2.05, 4.69) is 29.0 Å². The summed E-state index contributed by atoms with van der Waals surface area (Å²) in [6, 6.07) is 4.14. The zero-order valence-electron chi connectivity index (χ0n) is 12.6. The van der Waals surface area contributed by atoms with Crippen LogP contribution in [-0.2, 0) is 0 Å². The molecule has 0 bridgehead atoms. The number of nitrogens with one attached hydrogen (secondary N) is 1. The van der Waals surface area contributed by atoms with Crippen LogP contribution < -0.4 is 5.32 Å². The number of hydrogen-bond acceptors (Lipinski definition) is 4. The summed E-state index contributed by atoms with van der Waals surface area (Å²) >= 11 is 0. The minimum absolute atomic E-state index is 0.0807. The molecule has 1 N–H and O–H groups in total. The summed E-state index contributed by atoms with van der Waals surface area (Å²) < 4.78 is 0. The summed E-state index contributed by atoms with van der Waals surface area (Å²) in [5, 5.41) is 2.99. The smallest absolute Gasteiger partial charge is 0.257 e. The first kappa shape index (κ1) is 14.8. The van der Waals surface area contributed by atoms with Gasteiger partial charge in [0.25, 0.3) is 5.91 Å². The van der Waals surface area contributed by atoms with Gasteiger partial charge < -0.3 is 10.2 Å².